The molecule has 1 atom stereocenters. The summed E-state index contributed by atoms with van der Waals surface area (Å²) >= 11 is 0. The second kappa shape index (κ2) is 5.03. The predicted molar refractivity (Wildman–Crippen MR) is 87.2 cm³/mol. The average molecular weight is 319 g/mol. The molecule has 6 heteroatoms. The second-order valence-corrected chi connectivity index (χ2v) is 5.56. The van der Waals surface area contributed by atoms with Gasteiger partial charge in [-0.05, 0) is 24.3 Å². The molecule has 0 radical (unpaired) electrons. The van der Waals surface area contributed by atoms with Crippen LogP contribution in [0.2, 0.25) is 0 Å². The molecular weight excluding hydrogens is 306 g/mol. The highest BCUT2D eigenvalue weighted by molar-refractivity contribution is 5.88. The zero-order valence-corrected chi connectivity index (χ0v) is 12.8. The van der Waals surface area contributed by atoms with E-state index in [0.29, 0.717) is 17.1 Å². The molecule has 0 aliphatic carbocycles. The normalized spacial score (nSPS) is 16.6. The largest absolute Gasteiger partial charge is 0.468 e. The first-order chi connectivity index (χ1) is 11.6. The van der Waals surface area contributed by atoms with Crippen molar-refractivity contribution >= 4 is 10.9 Å². The van der Waals surface area contributed by atoms with Crippen molar-refractivity contribution in [1.82, 2.24) is 4.57 Å². The monoisotopic (exact) mass is 319 g/mol. The Kier molecular flexibility index (Phi) is 2.97. The Balaban J connectivity index is 2.16. The van der Waals surface area contributed by atoms with Crippen LogP contribution in [0.15, 0.2) is 63.3 Å². The molecule has 1 aromatic carbocycles. The summed E-state index contributed by atoms with van der Waals surface area (Å²) in [6.45, 7) is 0. The number of allylic oxidation sites excluding steroid dienone is 1. The topological polar surface area (TPSA) is 94.2 Å². The lowest BCUT2D eigenvalue weighted by Gasteiger charge is -2.26. The third-order valence-electron chi connectivity index (χ3n) is 4.29. The molecule has 2 N–H and O–H groups in total. The molecule has 0 saturated heterocycles. The van der Waals surface area contributed by atoms with Crippen LogP contribution in [0.4, 0.5) is 0 Å². The number of benzene rings is 1. The molecule has 3 aromatic rings. The summed E-state index contributed by atoms with van der Waals surface area (Å²) in [6, 6.07) is 12.9. The first kappa shape index (κ1) is 14.2. The number of ether oxygens (including phenoxy) is 1. The van der Waals surface area contributed by atoms with Crippen LogP contribution in [-0.2, 0) is 7.05 Å². The highest BCUT2D eigenvalue weighted by Gasteiger charge is 2.36. The maximum atomic E-state index is 13.0. The molecule has 24 heavy (non-hydrogen) atoms. The highest BCUT2D eigenvalue weighted by atomic mass is 16.5. The van der Waals surface area contributed by atoms with Gasteiger partial charge in [0.1, 0.15) is 23.2 Å². The van der Waals surface area contributed by atoms with E-state index < -0.39 is 5.92 Å². The minimum atomic E-state index is -0.683. The van der Waals surface area contributed by atoms with Crippen molar-refractivity contribution in [3.8, 4) is 11.8 Å². The number of rotatable bonds is 1. The molecule has 118 valence electrons. The minimum absolute atomic E-state index is 0.00944. The van der Waals surface area contributed by atoms with Gasteiger partial charge >= 0.3 is 0 Å². The van der Waals surface area contributed by atoms with Crippen molar-refractivity contribution in [3.05, 3.63) is 75.8 Å². The van der Waals surface area contributed by atoms with Gasteiger partial charge in [0.15, 0.2) is 0 Å². The van der Waals surface area contributed by atoms with Crippen LogP contribution in [0.5, 0.6) is 5.75 Å². The van der Waals surface area contributed by atoms with E-state index in [0.717, 1.165) is 10.9 Å². The number of nitrogens with zero attached hydrogens (tertiary/aromatic N) is 2. The van der Waals surface area contributed by atoms with Crippen LogP contribution in [0.3, 0.4) is 0 Å². The molecule has 6 nitrogen and oxygen atoms in total. The van der Waals surface area contributed by atoms with Crippen molar-refractivity contribution in [3.63, 3.8) is 0 Å². The number of para-hydroxylation sites is 1. The number of hydrogen-bond acceptors (Lipinski definition) is 5. The molecule has 4 rings (SSSR count). The van der Waals surface area contributed by atoms with Crippen LogP contribution in [0.25, 0.3) is 10.9 Å². The number of furan rings is 1. The zero-order chi connectivity index (χ0) is 16.8. The summed E-state index contributed by atoms with van der Waals surface area (Å²) < 4.78 is 12.7. The lowest BCUT2D eigenvalue weighted by atomic mass is 9.87. The fourth-order valence-corrected chi connectivity index (χ4v) is 3.17. The van der Waals surface area contributed by atoms with Gasteiger partial charge in [0.2, 0.25) is 5.88 Å². The molecular formula is C18H13N3O3. The summed E-state index contributed by atoms with van der Waals surface area (Å²) in [7, 11) is 1.69. The van der Waals surface area contributed by atoms with Gasteiger partial charge in [-0.1, -0.05) is 12.1 Å². The van der Waals surface area contributed by atoms with Crippen LogP contribution in [0.1, 0.15) is 17.2 Å². The average Bonchev–Trinajstić information content (AvgIpc) is 3.13. The van der Waals surface area contributed by atoms with E-state index in [9.17, 15) is 10.1 Å². The Morgan fingerprint density at radius 2 is 2.04 bits per heavy atom. The molecule has 0 spiro atoms. The lowest BCUT2D eigenvalue weighted by Crippen LogP contribution is -2.30. The first-order valence-electron chi connectivity index (χ1n) is 7.36. The third-order valence-corrected chi connectivity index (χ3v) is 4.29. The lowest BCUT2D eigenvalue weighted by molar-refractivity contribution is 0.385. The summed E-state index contributed by atoms with van der Waals surface area (Å²) in [5, 5.41) is 10.3. The van der Waals surface area contributed by atoms with Crippen LogP contribution in [-0.4, -0.2) is 4.57 Å². The summed E-state index contributed by atoms with van der Waals surface area (Å²) in [6.07, 6.45) is 1.50. The number of pyridine rings is 1. The van der Waals surface area contributed by atoms with E-state index >= 15 is 0 Å². The van der Waals surface area contributed by atoms with Gasteiger partial charge in [-0.15, -0.1) is 0 Å². The molecule has 1 aliphatic rings. The Hall–Kier alpha value is -3.46. The quantitative estimate of drug-likeness (QED) is 0.743. The highest BCUT2D eigenvalue weighted by Crippen LogP contribution is 2.43. The van der Waals surface area contributed by atoms with Crippen molar-refractivity contribution < 1.29 is 9.15 Å². The molecule has 1 aliphatic heterocycles. The standard InChI is InChI=1S/C18H13N3O3/c1-21-12-6-3-2-5-10(12)16-15(18(21)22)14(13-7-4-8-23-13)11(9-19)17(20)24-16/h2-8,14H,20H2,1H3/t14-/m1/s1. The first-order valence-corrected chi connectivity index (χ1v) is 7.36. The van der Waals surface area contributed by atoms with Gasteiger partial charge in [-0.3, -0.25) is 4.79 Å². The van der Waals surface area contributed by atoms with Gasteiger partial charge in [0.05, 0.1) is 23.3 Å². The minimum Gasteiger partial charge on any atom is -0.468 e. The molecule has 2 aromatic heterocycles. The summed E-state index contributed by atoms with van der Waals surface area (Å²) in [4.78, 5) is 13.0. The number of aryl methyl sites for hydroxylation is 1. The van der Waals surface area contributed by atoms with E-state index in [1.54, 1.807) is 23.7 Å². The number of aromatic nitrogens is 1. The van der Waals surface area contributed by atoms with Gasteiger partial charge in [-0.2, -0.15) is 5.26 Å². The van der Waals surface area contributed by atoms with E-state index in [1.807, 2.05) is 30.3 Å². The van der Waals surface area contributed by atoms with E-state index in [4.69, 9.17) is 14.9 Å². The number of hydrogen-bond donors (Lipinski definition) is 1. The maximum Gasteiger partial charge on any atom is 0.258 e. The molecule has 0 saturated carbocycles. The second-order valence-electron chi connectivity index (χ2n) is 5.56. The molecule has 0 fully saturated rings. The van der Waals surface area contributed by atoms with Crippen molar-refractivity contribution in [2.45, 2.75) is 5.92 Å². The van der Waals surface area contributed by atoms with Gasteiger partial charge in [-0.25, -0.2) is 0 Å². The molecule has 0 unspecified atom stereocenters. The predicted octanol–water partition coefficient (Wildman–Crippen LogP) is 2.35. The Morgan fingerprint density at radius 3 is 2.75 bits per heavy atom. The van der Waals surface area contributed by atoms with Crippen molar-refractivity contribution in [2.24, 2.45) is 12.8 Å². The Bertz CT molecular complexity index is 1090. The SMILES string of the molecule is Cn1c(=O)c2c(c3ccccc31)OC(N)=C(C#N)[C@@H]2c1ccco1. The van der Waals surface area contributed by atoms with E-state index in [-0.39, 0.29) is 17.0 Å². The van der Waals surface area contributed by atoms with Gasteiger partial charge in [0.25, 0.3) is 5.56 Å². The van der Waals surface area contributed by atoms with Crippen LogP contribution < -0.4 is 16.0 Å². The molecule has 3 heterocycles. The van der Waals surface area contributed by atoms with Crippen LogP contribution >= 0.6 is 0 Å². The zero-order valence-electron chi connectivity index (χ0n) is 12.8. The fraction of sp³-hybridized carbons (Fsp3) is 0.111. The molecule has 0 amide bonds. The maximum absolute atomic E-state index is 13.0. The Labute approximate surface area is 137 Å². The summed E-state index contributed by atoms with van der Waals surface area (Å²) in [5.74, 6) is 0.167. The Morgan fingerprint density at radius 1 is 1.25 bits per heavy atom. The van der Waals surface area contributed by atoms with Gasteiger partial charge in [0, 0.05) is 12.4 Å². The smallest absolute Gasteiger partial charge is 0.258 e. The van der Waals surface area contributed by atoms with E-state index in [1.165, 1.54) is 6.26 Å². The third kappa shape index (κ3) is 1.78. The summed E-state index contributed by atoms with van der Waals surface area (Å²) in [5.41, 5.74) is 6.98. The molecule has 0 bridgehead atoms. The van der Waals surface area contributed by atoms with Crippen molar-refractivity contribution in [1.29, 1.82) is 5.26 Å². The fourth-order valence-electron chi connectivity index (χ4n) is 3.17. The van der Waals surface area contributed by atoms with Crippen LogP contribution in [0, 0.1) is 11.3 Å². The van der Waals surface area contributed by atoms with E-state index in [2.05, 4.69) is 0 Å². The van der Waals surface area contributed by atoms with Crippen molar-refractivity contribution in [2.75, 3.05) is 0 Å². The number of fused-ring (bicyclic) bond motifs is 3. The van der Waals surface area contributed by atoms with Gasteiger partial charge < -0.3 is 19.5 Å². The number of nitrogens with two attached hydrogens (primary N) is 1. The number of nitriles is 1.